The molecule has 0 fully saturated rings. The lowest BCUT2D eigenvalue weighted by Crippen LogP contribution is -2.36. The van der Waals surface area contributed by atoms with E-state index in [1.807, 2.05) is 59.5 Å². The summed E-state index contributed by atoms with van der Waals surface area (Å²) in [4.78, 5) is 39.8. The van der Waals surface area contributed by atoms with Crippen molar-refractivity contribution in [3.05, 3.63) is 34.6 Å². The lowest BCUT2D eigenvalue weighted by molar-refractivity contribution is -0.135. The summed E-state index contributed by atoms with van der Waals surface area (Å²) in [6.45, 7) is 17.1. The third-order valence-corrected chi connectivity index (χ3v) is 5.24. The second-order valence-corrected chi connectivity index (χ2v) is 13.6. The number of allylic oxidation sites excluding steroid dienone is 6. The average molecular weight is 391 g/mol. The molecule has 1 aliphatic rings. The number of rotatable bonds is 8. The summed E-state index contributed by atoms with van der Waals surface area (Å²) in [5, 5.41) is 0. The summed E-state index contributed by atoms with van der Waals surface area (Å²) in [7, 11) is -2.18. The van der Waals surface area contributed by atoms with Crippen LogP contribution in [0.2, 0.25) is 19.6 Å². The van der Waals surface area contributed by atoms with Crippen LogP contribution in [0.3, 0.4) is 0 Å². The Balaban J connectivity index is 3.63. The summed E-state index contributed by atoms with van der Waals surface area (Å²) in [5.41, 5.74) is 0.761. The molecule has 0 N–H and O–H groups in total. The van der Waals surface area contributed by atoms with Gasteiger partial charge in [-0.3, -0.25) is 14.4 Å². The molecule has 0 bridgehead atoms. The minimum atomic E-state index is -2.18. The van der Waals surface area contributed by atoms with Crippen LogP contribution in [0.4, 0.5) is 0 Å². The zero-order valence-corrected chi connectivity index (χ0v) is 19.3. The van der Waals surface area contributed by atoms with E-state index in [9.17, 15) is 14.4 Å². The van der Waals surface area contributed by atoms with Crippen molar-refractivity contribution in [3.8, 4) is 0 Å². The van der Waals surface area contributed by atoms with Crippen LogP contribution >= 0.6 is 0 Å². The number of carbonyl (C=O) groups is 3. The van der Waals surface area contributed by atoms with Gasteiger partial charge in [-0.05, 0) is 60.2 Å². The standard InChI is InChI=1S/C22H34O4Si/c1-14(2)10-12-22(13-11-15(3)4)20(24)17(18(23)16(5)6)19(21(22)25)26-27(7,8)9/h10-11,16H,12-13H2,1-9H3. The van der Waals surface area contributed by atoms with E-state index < -0.39 is 13.7 Å². The first kappa shape index (κ1) is 23.3. The normalized spacial score (nSPS) is 16.7. The van der Waals surface area contributed by atoms with Crippen LogP contribution in [-0.4, -0.2) is 25.7 Å². The lowest BCUT2D eigenvalue weighted by atomic mass is 9.74. The molecular formula is C22H34O4Si. The largest absolute Gasteiger partial charge is 0.541 e. The van der Waals surface area contributed by atoms with Gasteiger partial charge in [0.05, 0.1) is 0 Å². The van der Waals surface area contributed by atoms with Crippen molar-refractivity contribution >= 4 is 25.7 Å². The SMILES string of the molecule is CC(C)=CCC1(CC=C(C)C)C(=O)C(O[Si](C)(C)C)=C(C(=O)C(C)C)C1=O. The minimum Gasteiger partial charge on any atom is -0.541 e. The fourth-order valence-corrected chi connectivity index (χ4v) is 3.71. The Bertz CT molecular complexity index is 702. The number of carbonyl (C=O) groups excluding carboxylic acids is 3. The summed E-state index contributed by atoms with van der Waals surface area (Å²) >= 11 is 0. The van der Waals surface area contributed by atoms with E-state index in [-0.39, 0.29) is 47.4 Å². The fourth-order valence-electron chi connectivity index (χ4n) is 2.90. The average Bonchev–Trinajstić information content (AvgIpc) is 2.70. The first-order chi connectivity index (χ1) is 12.2. The van der Waals surface area contributed by atoms with Crippen LogP contribution in [0.15, 0.2) is 34.6 Å². The zero-order chi connectivity index (χ0) is 21.2. The molecule has 0 atom stereocenters. The third-order valence-electron chi connectivity index (χ3n) is 4.43. The molecule has 0 spiro atoms. The first-order valence-corrected chi connectivity index (χ1v) is 13.0. The molecule has 0 aromatic rings. The number of Topliss-reactive ketones (excluding diaryl/α,β-unsaturated/α-hetero) is 3. The van der Waals surface area contributed by atoms with Crippen molar-refractivity contribution in [3.63, 3.8) is 0 Å². The van der Waals surface area contributed by atoms with Gasteiger partial charge in [-0.1, -0.05) is 37.1 Å². The van der Waals surface area contributed by atoms with Gasteiger partial charge in [-0.2, -0.15) is 0 Å². The molecule has 0 aromatic carbocycles. The lowest BCUT2D eigenvalue weighted by Gasteiger charge is -2.26. The highest BCUT2D eigenvalue weighted by Gasteiger charge is 2.56. The second-order valence-electron chi connectivity index (χ2n) is 9.15. The Kier molecular flexibility index (Phi) is 7.34. The predicted molar refractivity (Wildman–Crippen MR) is 112 cm³/mol. The highest BCUT2D eigenvalue weighted by atomic mass is 28.4. The quantitative estimate of drug-likeness (QED) is 0.248. The van der Waals surface area contributed by atoms with Gasteiger partial charge in [0.1, 0.15) is 11.0 Å². The Morgan fingerprint density at radius 1 is 0.963 bits per heavy atom. The third kappa shape index (κ3) is 5.38. The molecular weight excluding hydrogens is 356 g/mol. The van der Waals surface area contributed by atoms with Crippen LogP contribution in [0.25, 0.3) is 0 Å². The topological polar surface area (TPSA) is 60.4 Å². The molecule has 0 aromatic heterocycles. The molecule has 27 heavy (non-hydrogen) atoms. The fraction of sp³-hybridized carbons (Fsp3) is 0.591. The van der Waals surface area contributed by atoms with E-state index in [1.165, 1.54) is 0 Å². The molecule has 0 unspecified atom stereocenters. The van der Waals surface area contributed by atoms with Crippen LogP contribution in [0, 0.1) is 11.3 Å². The van der Waals surface area contributed by atoms with E-state index in [4.69, 9.17) is 4.43 Å². The maximum atomic E-state index is 13.5. The van der Waals surface area contributed by atoms with Crippen LogP contribution in [-0.2, 0) is 18.8 Å². The summed E-state index contributed by atoms with van der Waals surface area (Å²) in [5.74, 6) is -1.40. The molecule has 0 saturated heterocycles. The monoisotopic (exact) mass is 390 g/mol. The van der Waals surface area contributed by atoms with Crippen molar-refractivity contribution < 1.29 is 18.8 Å². The molecule has 0 amide bonds. The van der Waals surface area contributed by atoms with E-state index in [0.717, 1.165) is 11.1 Å². The minimum absolute atomic E-state index is 0.00202. The van der Waals surface area contributed by atoms with Crippen LogP contribution < -0.4 is 0 Å². The van der Waals surface area contributed by atoms with Crippen molar-refractivity contribution in [2.45, 2.75) is 74.0 Å². The van der Waals surface area contributed by atoms with Crippen LogP contribution in [0.5, 0.6) is 0 Å². The molecule has 1 aliphatic carbocycles. The maximum absolute atomic E-state index is 13.5. The molecule has 4 nitrogen and oxygen atoms in total. The van der Waals surface area contributed by atoms with Gasteiger partial charge in [0.25, 0.3) is 0 Å². The highest BCUT2D eigenvalue weighted by molar-refractivity contribution is 6.70. The van der Waals surface area contributed by atoms with E-state index in [2.05, 4.69) is 0 Å². The van der Waals surface area contributed by atoms with Crippen molar-refractivity contribution in [2.75, 3.05) is 0 Å². The summed E-state index contributed by atoms with van der Waals surface area (Å²) < 4.78 is 6.02. The Morgan fingerprint density at radius 3 is 1.74 bits per heavy atom. The van der Waals surface area contributed by atoms with E-state index in [0.29, 0.717) is 0 Å². The Labute approximate surface area is 164 Å². The van der Waals surface area contributed by atoms with Gasteiger partial charge >= 0.3 is 0 Å². The Hall–Kier alpha value is -1.75. The maximum Gasteiger partial charge on any atom is 0.242 e. The van der Waals surface area contributed by atoms with Gasteiger partial charge in [-0.25, -0.2) is 0 Å². The molecule has 0 saturated carbocycles. The van der Waals surface area contributed by atoms with Crippen LogP contribution in [0.1, 0.15) is 54.4 Å². The summed E-state index contributed by atoms with van der Waals surface area (Å²) in [6.07, 6.45) is 4.38. The van der Waals surface area contributed by atoms with Gasteiger partial charge in [0.15, 0.2) is 17.3 Å². The van der Waals surface area contributed by atoms with Crippen molar-refractivity contribution in [2.24, 2.45) is 11.3 Å². The van der Waals surface area contributed by atoms with Crippen molar-refractivity contribution in [1.82, 2.24) is 0 Å². The van der Waals surface area contributed by atoms with E-state index >= 15 is 0 Å². The zero-order valence-electron chi connectivity index (χ0n) is 18.3. The molecule has 1 rings (SSSR count). The molecule has 0 aliphatic heterocycles. The number of hydrogen-bond donors (Lipinski definition) is 0. The second kappa shape index (κ2) is 8.51. The van der Waals surface area contributed by atoms with Gasteiger partial charge < -0.3 is 4.43 Å². The van der Waals surface area contributed by atoms with Crippen molar-refractivity contribution in [1.29, 1.82) is 0 Å². The number of ketones is 3. The van der Waals surface area contributed by atoms with Gasteiger partial charge in [0.2, 0.25) is 14.1 Å². The predicted octanol–water partition coefficient (Wildman–Crippen LogP) is 5.17. The Morgan fingerprint density at radius 2 is 1.41 bits per heavy atom. The highest BCUT2D eigenvalue weighted by Crippen LogP contribution is 2.44. The van der Waals surface area contributed by atoms with Gasteiger partial charge in [-0.15, -0.1) is 0 Å². The molecule has 0 heterocycles. The van der Waals surface area contributed by atoms with Gasteiger partial charge in [0, 0.05) is 5.92 Å². The summed E-state index contributed by atoms with van der Waals surface area (Å²) in [6, 6.07) is 0. The molecule has 5 heteroatoms. The molecule has 0 radical (unpaired) electrons. The van der Waals surface area contributed by atoms with E-state index in [1.54, 1.807) is 13.8 Å². The smallest absolute Gasteiger partial charge is 0.242 e. The first-order valence-electron chi connectivity index (χ1n) is 9.56. The molecule has 150 valence electrons. The number of hydrogen-bond acceptors (Lipinski definition) is 4.